The Hall–Kier alpha value is -2.21. The molecule has 0 aliphatic carbocycles. The highest BCUT2D eigenvalue weighted by molar-refractivity contribution is 6.33. The summed E-state index contributed by atoms with van der Waals surface area (Å²) in [5, 5.41) is 0.324. The van der Waals surface area contributed by atoms with Crippen LogP contribution in [0.25, 0.3) is 11.0 Å². The molecular formula is C13H11ClN4O2. The van der Waals surface area contributed by atoms with Crippen molar-refractivity contribution in [3.05, 3.63) is 41.0 Å². The summed E-state index contributed by atoms with van der Waals surface area (Å²) in [5.41, 5.74) is 1.93. The van der Waals surface area contributed by atoms with Gasteiger partial charge in [0.15, 0.2) is 11.0 Å². The Labute approximate surface area is 119 Å². The zero-order valence-corrected chi connectivity index (χ0v) is 11.7. The summed E-state index contributed by atoms with van der Waals surface area (Å²) in [7, 11) is 0. The number of nitrogens with zero attached hydrogens (tertiary/aromatic N) is 4. The molecular weight excluding hydrogens is 280 g/mol. The fourth-order valence-electron chi connectivity index (χ4n) is 1.81. The van der Waals surface area contributed by atoms with E-state index in [1.165, 1.54) is 6.20 Å². The topological polar surface area (TPSA) is 73.9 Å². The van der Waals surface area contributed by atoms with E-state index in [1.54, 1.807) is 19.2 Å². The van der Waals surface area contributed by atoms with Gasteiger partial charge in [0.2, 0.25) is 5.88 Å². The number of hydrogen-bond donors (Lipinski definition) is 0. The molecule has 7 heteroatoms. The van der Waals surface area contributed by atoms with E-state index in [0.29, 0.717) is 28.0 Å². The van der Waals surface area contributed by atoms with Crippen molar-refractivity contribution in [2.75, 3.05) is 0 Å². The highest BCUT2D eigenvalue weighted by Crippen LogP contribution is 2.20. The number of halogens is 1. The van der Waals surface area contributed by atoms with Crippen molar-refractivity contribution in [2.24, 2.45) is 0 Å². The molecule has 0 bridgehead atoms. The molecule has 0 aromatic carbocycles. The van der Waals surface area contributed by atoms with E-state index in [9.17, 15) is 0 Å². The normalized spacial score (nSPS) is 10.9. The van der Waals surface area contributed by atoms with Crippen LogP contribution in [0.4, 0.5) is 0 Å². The van der Waals surface area contributed by atoms with Crippen molar-refractivity contribution >= 4 is 22.6 Å². The third-order valence-corrected chi connectivity index (χ3v) is 3.03. The number of pyridine rings is 1. The Balaban J connectivity index is 1.83. The molecule has 0 fully saturated rings. The second-order valence-electron chi connectivity index (χ2n) is 4.20. The summed E-state index contributed by atoms with van der Waals surface area (Å²) in [6.07, 6.45) is 3.09. The van der Waals surface area contributed by atoms with Crippen LogP contribution in [-0.4, -0.2) is 19.9 Å². The van der Waals surface area contributed by atoms with Gasteiger partial charge < -0.3 is 9.15 Å². The summed E-state index contributed by atoms with van der Waals surface area (Å²) in [4.78, 5) is 16.7. The lowest BCUT2D eigenvalue weighted by molar-refractivity contribution is 0.287. The first-order valence-electron chi connectivity index (χ1n) is 5.96. The predicted molar refractivity (Wildman–Crippen MR) is 72.7 cm³/mol. The quantitative estimate of drug-likeness (QED) is 0.691. The summed E-state index contributed by atoms with van der Waals surface area (Å²) in [6, 6.07) is 1.73. The molecule has 0 amide bonds. The van der Waals surface area contributed by atoms with Crippen LogP contribution in [0, 0.1) is 13.8 Å². The van der Waals surface area contributed by atoms with Gasteiger partial charge in [-0.05, 0) is 13.0 Å². The molecule has 0 unspecified atom stereocenters. The van der Waals surface area contributed by atoms with Gasteiger partial charge in [-0.2, -0.15) is 0 Å². The van der Waals surface area contributed by atoms with Crippen LogP contribution in [-0.2, 0) is 6.61 Å². The lowest BCUT2D eigenvalue weighted by Crippen LogP contribution is -2.00. The third-order valence-electron chi connectivity index (χ3n) is 2.75. The second kappa shape index (κ2) is 5.05. The van der Waals surface area contributed by atoms with Crippen molar-refractivity contribution in [1.29, 1.82) is 0 Å². The van der Waals surface area contributed by atoms with E-state index in [0.717, 1.165) is 11.5 Å². The van der Waals surface area contributed by atoms with Gasteiger partial charge in [0.25, 0.3) is 0 Å². The Kier molecular flexibility index (Phi) is 3.23. The number of fused-ring (bicyclic) bond motifs is 1. The van der Waals surface area contributed by atoms with Crippen LogP contribution in [0.15, 0.2) is 22.9 Å². The van der Waals surface area contributed by atoms with Crippen molar-refractivity contribution < 1.29 is 9.15 Å². The van der Waals surface area contributed by atoms with Crippen molar-refractivity contribution in [3.8, 4) is 5.88 Å². The largest absolute Gasteiger partial charge is 0.470 e. The molecule has 3 rings (SSSR count). The molecule has 0 saturated carbocycles. The zero-order chi connectivity index (χ0) is 14.1. The van der Waals surface area contributed by atoms with Crippen LogP contribution in [0.2, 0.25) is 5.15 Å². The van der Waals surface area contributed by atoms with Crippen molar-refractivity contribution in [1.82, 2.24) is 19.9 Å². The fourth-order valence-corrected chi connectivity index (χ4v) is 2.02. The maximum atomic E-state index is 5.93. The molecule has 20 heavy (non-hydrogen) atoms. The maximum Gasteiger partial charge on any atom is 0.233 e. The van der Waals surface area contributed by atoms with E-state index in [-0.39, 0.29) is 6.61 Å². The van der Waals surface area contributed by atoms with E-state index < -0.39 is 0 Å². The van der Waals surface area contributed by atoms with E-state index >= 15 is 0 Å². The van der Waals surface area contributed by atoms with Crippen molar-refractivity contribution in [3.63, 3.8) is 0 Å². The molecule has 0 atom stereocenters. The predicted octanol–water partition coefficient (Wildman–Crippen LogP) is 2.86. The highest BCUT2D eigenvalue weighted by Gasteiger charge is 2.09. The molecule has 3 aromatic rings. The van der Waals surface area contributed by atoms with Gasteiger partial charge in [0, 0.05) is 13.1 Å². The molecule has 0 N–H and O–H groups in total. The molecule has 6 nitrogen and oxygen atoms in total. The van der Waals surface area contributed by atoms with Gasteiger partial charge in [-0.25, -0.2) is 19.9 Å². The number of ether oxygens (including phenoxy) is 1. The molecule has 0 spiro atoms. The highest BCUT2D eigenvalue weighted by atomic mass is 35.5. The monoisotopic (exact) mass is 290 g/mol. The first-order valence-corrected chi connectivity index (χ1v) is 6.34. The summed E-state index contributed by atoms with van der Waals surface area (Å²) < 4.78 is 10.9. The van der Waals surface area contributed by atoms with Gasteiger partial charge in [-0.3, -0.25) is 0 Å². The Morgan fingerprint density at radius 2 is 2.10 bits per heavy atom. The smallest absolute Gasteiger partial charge is 0.233 e. The van der Waals surface area contributed by atoms with E-state index in [2.05, 4.69) is 19.9 Å². The van der Waals surface area contributed by atoms with Crippen LogP contribution in [0.1, 0.15) is 17.3 Å². The van der Waals surface area contributed by atoms with Crippen LogP contribution in [0.3, 0.4) is 0 Å². The molecule has 0 aliphatic heterocycles. The Morgan fingerprint density at radius 3 is 2.85 bits per heavy atom. The fraction of sp³-hybridized carbons (Fsp3) is 0.231. The standard InChI is InChI=1S/C13H11ClN4O2/c1-7-10(17-8(2)20-7)6-19-11-5-16-12-9(18-11)3-4-15-13(12)14/h3-5H,6H2,1-2H3. The number of aryl methyl sites for hydroxylation is 2. The number of oxazole rings is 1. The van der Waals surface area contributed by atoms with Crippen LogP contribution >= 0.6 is 11.6 Å². The SMILES string of the molecule is Cc1nc(COc2cnc3c(Cl)nccc3n2)c(C)o1. The average Bonchev–Trinajstić information content (AvgIpc) is 2.75. The van der Waals surface area contributed by atoms with Gasteiger partial charge in [-0.15, -0.1) is 0 Å². The first kappa shape index (κ1) is 12.8. The maximum absolute atomic E-state index is 5.93. The van der Waals surface area contributed by atoms with Gasteiger partial charge in [0.1, 0.15) is 23.6 Å². The average molecular weight is 291 g/mol. The van der Waals surface area contributed by atoms with E-state index in [1.807, 2.05) is 6.92 Å². The molecule has 102 valence electrons. The van der Waals surface area contributed by atoms with Gasteiger partial charge >= 0.3 is 0 Å². The summed E-state index contributed by atoms with van der Waals surface area (Å²) in [6.45, 7) is 3.92. The lowest BCUT2D eigenvalue weighted by atomic mass is 10.4. The minimum absolute atomic E-state index is 0.280. The minimum Gasteiger partial charge on any atom is -0.470 e. The van der Waals surface area contributed by atoms with Crippen molar-refractivity contribution in [2.45, 2.75) is 20.5 Å². The van der Waals surface area contributed by atoms with Gasteiger partial charge in [0.05, 0.1) is 11.7 Å². The lowest BCUT2D eigenvalue weighted by Gasteiger charge is -2.04. The number of hydrogen-bond acceptors (Lipinski definition) is 6. The molecule has 3 heterocycles. The Morgan fingerprint density at radius 1 is 1.25 bits per heavy atom. The molecule has 0 radical (unpaired) electrons. The van der Waals surface area contributed by atoms with Gasteiger partial charge in [-0.1, -0.05) is 11.6 Å². The summed E-state index contributed by atoms with van der Waals surface area (Å²) >= 11 is 5.93. The van der Waals surface area contributed by atoms with E-state index in [4.69, 9.17) is 20.8 Å². The minimum atomic E-state index is 0.280. The summed E-state index contributed by atoms with van der Waals surface area (Å²) in [5.74, 6) is 1.76. The first-order chi connectivity index (χ1) is 9.63. The number of rotatable bonds is 3. The Bertz CT molecular complexity index is 772. The molecule has 3 aromatic heterocycles. The van der Waals surface area contributed by atoms with Crippen LogP contribution in [0.5, 0.6) is 5.88 Å². The molecule has 0 aliphatic rings. The van der Waals surface area contributed by atoms with Crippen LogP contribution < -0.4 is 4.74 Å². The second-order valence-corrected chi connectivity index (χ2v) is 4.56. The zero-order valence-electron chi connectivity index (χ0n) is 10.9. The third kappa shape index (κ3) is 2.42. The molecule has 0 saturated heterocycles. The number of aromatic nitrogens is 4.